The first-order chi connectivity index (χ1) is 11.7. The highest BCUT2D eigenvalue weighted by Crippen LogP contribution is 2.15. The fourth-order valence-corrected chi connectivity index (χ4v) is 2.72. The molecule has 0 unspecified atom stereocenters. The molecule has 0 radical (unpaired) electrons. The van der Waals surface area contributed by atoms with Crippen LogP contribution in [0, 0.1) is 0 Å². The third-order valence-electron chi connectivity index (χ3n) is 3.86. The average molecular weight is 350 g/mol. The van der Waals surface area contributed by atoms with Crippen molar-refractivity contribution in [2.24, 2.45) is 0 Å². The smallest absolute Gasteiger partial charge is 0.234 e. The molecule has 0 saturated carbocycles. The molecule has 2 N–H and O–H groups in total. The second kappa shape index (κ2) is 8.12. The standard InChI is InChI=1S/C16H20ClN5O2/c17-12-1-4-14(5-2-12)24-8-7-18-16(23)9-19-13-3-6-15-20-11-21-22(15)10-13/h1-2,4-5,11,13,19H,3,6-10H2,(H,18,23)/t13-/m1/s1. The molecule has 0 aliphatic carbocycles. The first-order valence-corrected chi connectivity index (χ1v) is 8.33. The topological polar surface area (TPSA) is 81.1 Å². The van der Waals surface area contributed by atoms with Crippen molar-refractivity contribution in [3.05, 3.63) is 41.4 Å². The Bertz CT molecular complexity index is 673. The number of carbonyl (C=O) groups excluding carboxylic acids is 1. The summed E-state index contributed by atoms with van der Waals surface area (Å²) in [6.45, 7) is 1.91. The Hall–Kier alpha value is -2.12. The number of amides is 1. The lowest BCUT2D eigenvalue weighted by Crippen LogP contribution is -2.44. The van der Waals surface area contributed by atoms with E-state index in [-0.39, 0.29) is 18.5 Å². The van der Waals surface area contributed by atoms with E-state index in [9.17, 15) is 4.79 Å². The van der Waals surface area contributed by atoms with Crippen molar-refractivity contribution in [1.29, 1.82) is 0 Å². The summed E-state index contributed by atoms with van der Waals surface area (Å²) in [4.78, 5) is 16.0. The van der Waals surface area contributed by atoms with Crippen LogP contribution in [0.4, 0.5) is 0 Å². The number of hydrogen-bond donors (Lipinski definition) is 2. The molecule has 7 nitrogen and oxygen atoms in total. The summed E-state index contributed by atoms with van der Waals surface area (Å²) in [6.07, 6.45) is 3.42. The molecular weight excluding hydrogens is 330 g/mol. The number of carbonyl (C=O) groups is 1. The molecule has 3 rings (SSSR count). The first kappa shape index (κ1) is 16.7. The normalized spacial score (nSPS) is 16.5. The fraction of sp³-hybridized carbons (Fsp3) is 0.438. The molecule has 24 heavy (non-hydrogen) atoms. The molecule has 2 aromatic rings. The van der Waals surface area contributed by atoms with Gasteiger partial charge in [-0.3, -0.25) is 4.79 Å². The second-order valence-corrected chi connectivity index (χ2v) is 6.06. The van der Waals surface area contributed by atoms with Crippen LogP contribution in [0.3, 0.4) is 0 Å². The minimum absolute atomic E-state index is 0.0425. The van der Waals surface area contributed by atoms with Crippen molar-refractivity contribution >= 4 is 17.5 Å². The lowest BCUT2D eigenvalue weighted by atomic mass is 10.1. The number of hydrogen-bond acceptors (Lipinski definition) is 5. The highest BCUT2D eigenvalue weighted by molar-refractivity contribution is 6.30. The summed E-state index contributed by atoms with van der Waals surface area (Å²) in [7, 11) is 0. The maximum Gasteiger partial charge on any atom is 0.234 e. The zero-order chi connectivity index (χ0) is 16.8. The number of nitrogens with one attached hydrogen (secondary N) is 2. The van der Waals surface area contributed by atoms with E-state index >= 15 is 0 Å². The van der Waals surface area contributed by atoms with Crippen LogP contribution in [0.2, 0.25) is 5.02 Å². The van der Waals surface area contributed by atoms with Crippen LogP contribution in [0.15, 0.2) is 30.6 Å². The molecule has 0 saturated heterocycles. The Morgan fingerprint density at radius 3 is 3.04 bits per heavy atom. The van der Waals surface area contributed by atoms with Crippen LogP contribution >= 0.6 is 11.6 Å². The van der Waals surface area contributed by atoms with E-state index in [0.29, 0.717) is 18.2 Å². The lowest BCUT2D eigenvalue weighted by molar-refractivity contribution is -0.120. The van der Waals surface area contributed by atoms with E-state index in [2.05, 4.69) is 20.7 Å². The van der Waals surface area contributed by atoms with Crippen molar-refractivity contribution in [2.75, 3.05) is 19.7 Å². The Labute approximate surface area is 145 Å². The van der Waals surface area contributed by atoms with Gasteiger partial charge in [0.15, 0.2) is 0 Å². The van der Waals surface area contributed by atoms with Crippen LogP contribution in [-0.4, -0.2) is 46.4 Å². The van der Waals surface area contributed by atoms with Gasteiger partial charge in [0.2, 0.25) is 5.91 Å². The molecule has 2 heterocycles. The van der Waals surface area contributed by atoms with Crippen LogP contribution in [0.1, 0.15) is 12.2 Å². The molecule has 1 atom stereocenters. The summed E-state index contributed by atoms with van der Waals surface area (Å²) in [6, 6.07) is 7.38. The van der Waals surface area contributed by atoms with Crippen molar-refractivity contribution in [3.63, 3.8) is 0 Å². The summed E-state index contributed by atoms with van der Waals surface area (Å²) in [5.41, 5.74) is 0. The number of rotatable bonds is 7. The molecule has 1 aliphatic rings. The van der Waals surface area contributed by atoms with Gasteiger partial charge in [0.25, 0.3) is 0 Å². The zero-order valence-electron chi connectivity index (χ0n) is 13.2. The molecular formula is C16H20ClN5O2. The van der Waals surface area contributed by atoms with E-state index in [0.717, 1.165) is 31.0 Å². The maximum absolute atomic E-state index is 11.9. The Morgan fingerprint density at radius 2 is 2.21 bits per heavy atom. The third kappa shape index (κ3) is 4.69. The highest BCUT2D eigenvalue weighted by Gasteiger charge is 2.19. The van der Waals surface area contributed by atoms with Crippen molar-refractivity contribution in [3.8, 4) is 5.75 Å². The summed E-state index contributed by atoms with van der Waals surface area (Å²) in [5.74, 6) is 1.70. The van der Waals surface area contributed by atoms with Crippen molar-refractivity contribution in [2.45, 2.75) is 25.4 Å². The highest BCUT2D eigenvalue weighted by atomic mass is 35.5. The molecule has 0 fully saturated rings. The Morgan fingerprint density at radius 1 is 1.38 bits per heavy atom. The van der Waals surface area contributed by atoms with Crippen molar-refractivity contribution < 1.29 is 9.53 Å². The Kier molecular flexibility index (Phi) is 5.66. The third-order valence-corrected chi connectivity index (χ3v) is 4.12. The summed E-state index contributed by atoms with van der Waals surface area (Å²) in [5, 5.41) is 10.9. The second-order valence-electron chi connectivity index (χ2n) is 5.63. The van der Waals surface area contributed by atoms with Gasteiger partial charge in [-0.2, -0.15) is 5.10 Å². The number of halogens is 1. The van der Waals surface area contributed by atoms with E-state index in [4.69, 9.17) is 16.3 Å². The van der Waals surface area contributed by atoms with Gasteiger partial charge in [-0.15, -0.1) is 0 Å². The molecule has 1 aromatic heterocycles. The SMILES string of the molecule is O=C(CN[C@@H]1CCc2ncnn2C1)NCCOc1ccc(Cl)cc1. The van der Waals surface area contributed by atoms with Gasteiger partial charge in [-0.25, -0.2) is 9.67 Å². The van der Waals surface area contributed by atoms with Crippen molar-refractivity contribution in [1.82, 2.24) is 25.4 Å². The summed E-state index contributed by atoms with van der Waals surface area (Å²) >= 11 is 5.81. The zero-order valence-corrected chi connectivity index (χ0v) is 14.0. The molecule has 0 spiro atoms. The summed E-state index contributed by atoms with van der Waals surface area (Å²) < 4.78 is 7.41. The van der Waals surface area contributed by atoms with Gasteiger partial charge in [-0.1, -0.05) is 11.6 Å². The van der Waals surface area contributed by atoms with Crippen LogP contribution in [0.5, 0.6) is 5.75 Å². The molecule has 0 bridgehead atoms. The molecule has 1 aliphatic heterocycles. The van der Waals surface area contributed by atoms with Crippen LogP contribution in [-0.2, 0) is 17.8 Å². The molecule has 128 valence electrons. The van der Waals surface area contributed by atoms with Gasteiger partial charge >= 0.3 is 0 Å². The van der Waals surface area contributed by atoms with Gasteiger partial charge < -0.3 is 15.4 Å². The van der Waals surface area contributed by atoms with Gasteiger partial charge in [0.05, 0.1) is 19.6 Å². The maximum atomic E-state index is 11.9. The van der Waals surface area contributed by atoms with Crippen LogP contribution in [0.25, 0.3) is 0 Å². The predicted molar refractivity (Wildman–Crippen MR) is 90.1 cm³/mol. The minimum Gasteiger partial charge on any atom is -0.492 e. The van der Waals surface area contributed by atoms with E-state index < -0.39 is 0 Å². The van der Waals surface area contributed by atoms with Crippen LogP contribution < -0.4 is 15.4 Å². The molecule has 1 aromatic carbocycles. The van der Waals surface area contributed by atoms with Gasteiger partial charge in [0, 0.05) is 17.5 Å². The average Bonchev–Trinajstić information content (AvgIpc) is 3.06. The number of aryl methyl sites for hydroxylation is 1. The number of fused-ring (bicyclic) bond motifs is 1. The Balaban J connectivity index is 1.30. The monoisotopic (exact) mass is 349 g/mol. The fourth-order valence-electron chi connectivity index (χ4n) is 2.59. The van der Waals surface area contributed by atoms with E-state index in [1.54, 1.807) is 30.6 Å². The number of ether oxygens (including phenoxy) is 1. The minimum atomic E-state index is -0.0425. The number of nitrogens with zero attached hydrogens (tertiary/aromatic N) is 3. The molecule has 1 amide bonds. The molecule has 8 heteroatoms. The first-order valence-electron chi connectivity index (χ1n) is 7.96. The number of aromatic nitrogens is 3. The lowest BCUT2D eigenvalue weighted by Gasteiger charge is -2.23. The van der Waals surface area contributed by atoms with E-state index in [1.165, 1.54) is 0 Å². The van der Waals surface area contributed by atoms with Gasteiger partial charge in [-0.05, 0) is 30.7 Å². The quantitative estimate of drug-likeness (QED) is 0.730. The number of benzene rings is 1. The largest absolute Gasteiger partial charge is 0.492 e. The predicted octanol–water partition coefficient (Wildman–Crippen LogP) is 1.03. The van der Waals surface area contributed by atoms with E-state index in [1.807, 2.05) is 4.68 Å². The van der Waals surface area contributed by atoms with Gasteiger partial charge in [0.1, 0.15) is 24.5 Å².